The van der Waals surface area contributed by atoms with Crippen LogP contribution in [0.2, 0.25) is 0 Å². The SMILES string of the molecule is CCCCOc1cc2ccc(C(=O)N3CCN(Cc4cc(OC)c(OC)c(OC)c4)CC3)cc2cc1OCCCC.Cl. The van der Waals surface area contributed by atoms with Crippen LogP contribution in [-0.4, -0.2) is 76.4 Å². The third-order valence-electron chi connectivity index (χ3n) is 7.45. The van der Waals surface area contributed by atoms with E-state index in [0.29, 0.717) is 49.1 Å². The van der Waals surface area contributed by atoms with Crippen LogP contribution in [-0.2, 0) is 6.54 Å². The van der Waals surface area contributed by atoms with E-state index in [2.05, 4.69) is 18.7 Å². The van der Waals surface area contributed by atoms with Crippen molar-refractivity contribution in [2.45, 2.75) is 46.1 Å². The van der Waals surface area contributed by atoms with Crippen LogP contribution in [0, 0.1) is 0 Å². The quantitative estimate of drug-likeness (QED) is 0.193. The molecule has 0 spiro atoms. The van der Waals surface area contributed by atoms with Gasteiger partial charge in [-0.3, -0.25) is 9.69 Å². The molecule has 0 N–H and O–H groups in total. The number of hydrogen-bond acceptors (Lipinski definition) is 7. The molecule has 3 aromatic carbocycles. The fourth-order valence-corrected chi connectivity index (χ4v) is 5.04. The summed E-state index contributed by atoms with van der Waals surface area (Å²) in [5, 5.41) is 2.01. The van der Waals surface area contributed by atoms with E-state index in [9.17, 15) is 4.79 Å². The van der Waals surface area contributed by atoms with Crippen LogP contribution in [0.25, 0.3) is 10.8 Å². The lowest BCUT2D eigenvalue weighted by Crippen LogP contribution is -2.48. The van der Waals surface area contributed by atoms with Gasteiger partial charge in [-0.15, -0.1) is 12.4 Å². The average Bonchev–Trinajstić information content (AvgIpc) is 3.00. The average molecular weight is 601 g/mol. The normalized spacial score (nSPS) is 13.4. The zero-order valence-corrected chi connectivity index (χ0v) is 26.4. The van der Waals surface area contributed by atoms with Gasteiger partial charge in [0, 0.05) is 38.3 Å². The molecule has 0 bridgehead atoms. The van der Waals surface area contributed by atoms with Crippen molar-refractivity contribution in [1.82, 2.24) is 9.80 Å². The van der Waals surface area contributed by atoms with Crippen LogP contribution in [0.1, 0.15) is 55.5 Å². The summed E-state index contributed by atoms with van der Waals surface area (Å²) in [5.74, 6) is 3.44. The summed E-state index contributed by atoms with van der Waals surface area (Å²) in [6, 6.07) is 13.9. The maximum absolute atomic E-state index is 13.5. The first kappa shape index (κ1) is 33.1. The molecule has 1 aliphatic rings. The number of hydrogen-bond donors (Lipinski definition) is 0. The molecule has 0 aliphatic carbocycles. The van der Waals surface area contributed by atoms with Crippen molar-refractivity contribution < 1.29 is 28.5 Å². The minimum Gasteiger partial charge on any atom is -0.493 e. The molecule has 42 heavy (non-hydrogen) atoms. The van der Waals surface area contributed by atoms with Gasteiger partial charge in [0.05, 0.1) is 34.5 Å². The number of unbranched alkanes of at least 4 members (excludes halogenated alkanes) is 2. The first-order valence-corrected chi connectivity index (χ1v) is 14.6. The van der Waals surface area contributed by atoms with E-state index in [1.807, 2.05) is 47.4 Å². The molecule has 0 saturated carbocycles. The Labute approximate surface area is 256 Å². The van der Waals surface area contributed by atoms with Crippen LogP contribution in [0.4, 0.5) is 0 Å². The summed E-state index contributed by atoms with van der Waals surface area (Å²) in [5.41, 5.74) is 1.76. The van der Waals surface area contributed by atoms with Gasteiger partial charge in [-0.1, -0.05) is 32.8 Å². The van der Waals surface area contributed by atoms with Gasteiger partial charge in [0.2, 0.25) is 5.75 Å². The van der Waals surface area contributed by atoms with E-state index in [4.69, 9.17) is 23.7 Å². The number of fused-ring (bicyclic) bond motifs is 1. The zero-order valence-electron chi connectivity index (χ0n) is 25.6. The number of benzene rings is 3. The van der Waals surface area contributed by atoms with Crippen LogP contribution in [0.5, 0.6) is 28.7 Å². The van der Waals surface area contributed by atoms with Gasteiger partial charge >= 0.3 is 0 Å². The molecule has 9 heteroatoms. The summed E-state index contributed by atoms with van der Waals surface area (Å²) in [7, 11) is 4.85. The lowest BCUT2D eigenvalue weighted by molar-refractivity contribution is 0.0628. The van der Waals surface area contributed by atoms with Crippen LogP contribution in [0.15, 0.2) is 42.5 Å². The third-order valence-corrected chi connectivity index (χ3v) is 7.45. The molecule has 0 atom stereocenters. The minimum atomic E-state index is 0. The topological polar surface area (TPSA) is 69.7 Å². The molecule has 1 amide bonds. The fraction of sp³-hybridized carbons (Fsp3) is 0.485. The zero-order chi connectivity index (χ0) is 29.2. The van der Waals surface area contributed by atoms with Crippen molar-refractivity contribution in [3.63, 3.8) is 0 Å². The Bertz CT molecular complexity index is 1280. The largest absolute Gasteiger partial charge is 0.493 e. The first-order chi connectivity index (χ1) is 20.0. The van der Waals surface area contributed by atoms with Gasteiger partial charge in [-0.2, -0.15) is 0 Å². The van der Waals surface area contributed by atoms with E-state index in [1.54, 1.807) is 21.3 Å². The smallest absolute Gasteiger partial charge is 0.253 e. The number of piperazine rings is 1. The van der Waals surface area contributed by atoms with Crippen molar-refractivity contribution in [1.29, 1.82) is 0 Å². The molecule has 230 valence electrons. The second-order valence-corrected chi connectivity index (χ2v) is 10.4. The Kier molecular flexibility index (Phi) is 12.9. The lowest BCUT2D eigenvalue weighted by atomic mass is 10.0. The Morgan fingerprint density at radius 2 is 1.29 bits per heavy atom. The highest BCUT2D eigenvalue weighted by molar-refractivity contribution is 5.99. The Morgan fingerprint density at radius 3 is 1.81 bits per heavy atom. The summed E-state index contributed by atoms with van der Waals surface area (Å²) >= 11 is 0. The predicted molar refractivity (Wildman–Crippen MR) is 169 cm³/mol. The molecule has 8 nitrogen and oxygen atoms in total. The molecular formula is C33H45ClN2O6. The van der Waals surface area contributed by atoms with Gasteiger partial charge in [0.25, 0.3) is 5.91 Å². The Morgan fingerprint density at radius 1 is 0.714 bits per heavy atom. The Balaban J connectivity index is 0.00000484. The van der Waals surface area contributed by atoms with Crippen LogP contribution < -0.4 is 23.7 Å². The molecule has 1 heterocycles. The second-order valence-electron chi connectivity index (χ2n) is 10.4. The van der Waals surface area contributed by atoms with E-state index < -0.39 is 0 Å². The highest BCUT2D eigenvalue weighted by atomic mass is 35.5. The monoisotopic (exact) mass is 600 g/mol. The summed E-state index contributed by atoms with van der Waals surface area (Å²) in [4.78, 5) is 17.8. The highest BCUT2D eigenvalue weighted by Gasteiger charge is 2.23. The van der Waals surface area contributed by atoms with E-state index in [1.165, 1.54) is 0 Å². The number of amides is 1. The Hall–Kier alpha value is -3.36. The third kappa shape index (κ3) is 8.13. The van der Waals surface area contributed by atoms with Gasteiger partial charge in [-0.05, 0) is 65.6 Å². The number of ether oxygens (including phenoxy) is 5. The molecule has 4 rings (SSSR count). The number of rotatable bonds is 14. The van der Waals surface area contributed by atoms with Gasteiger partial charge in [0.1, 0.15) is 0 Å². The molecule has 3 aromatic rings. The van der Waals surface area contributed by atoms with E-state index in [0.717, 1.165) is 73.2 Å². The molecule has 0 unspecified atom stereocenters. The van der Waals surface area contributed by atoms with Crippen LogP contribution in [0.3, 0.4) is 0 Å². The maximum Gasteiger partial charge on any atom is 0.253 e. The van der Waals surface area contributed by atoms with Gasteiger partial charge in [-0.25, -0.2) is 0 Å². The number of nitrogens with zero attached hydrogens (tertiary/aromatic N) is 2. The maximum atomic E-state index is 13.5. The first-order valence-electron chi connectivity index (χ1n) is 14.6. The van der Waals surface area contributed by atoms with Gasteiger partial charge < -0.3 is 28.6 Å². The number of halogens is 1. The fourth-order valence-electron chi connectivity index (χ4n) is 5.04. The molecule has 0 radical (unpaired) electrons. The van der Waals surface area contributed by atoms with Crippen molar-refractivity contribution in [3.8, 4) is 28.7 Å². The lowest BCUT2D eigenvalue weighted by Gasteiger charge is -2.35. The van der Waals surface area contributed by atoms with Crippen molar-refractivity contribution in [2.75, 3.05) is 60.7 Å². The van der Waals surface area contributed by atoms with E-state index >= 15 is 0 Å². The van der Waals surface area contributed by atoms with Crippen molar-refractivity contribution in [3.05, 3.63) is 53.6 Å². The standard InChI is InChI=1S/C33H44N2O6.ClH/c1-6-8-16-40-28-21-25-10-11-26(20-27(25)22-29(28)41-17-9-7-2)33(36)35-14-12-34(13-15-35)23-24-18-30(37-3)32(39-5)31(19-24)38-4;/h10-11,18-22H,6-9,12-17,23H2,1-5H3;1H. The molecule has 1 aliphatic heterocycles. The molecule has 1 fully saturated rings. The molecular weight excluding hydrogens is 556 g/mol. The summed E-state index contributed by atoms with van der Waals surface area (Å²) in [6.45, 7) is 9.23. The molecule has 1 saturated heterocycles. The minimum absolute atomic E-state index is 0. The number of methoxy groups -OCH3 is 3. The predicted octanol–water partition coefficient (Wildman–Crippen LogP) is 6.60. The summed E-state index contributed by atoms with van der Waals surface area (Å²) < 4.78 is 28.6. The van der Waals surface area contributed by atoms with Crippen LogP contribution >= 0.6 is 12.4 Å². The highest BCUT2D eigenvalue weighted by Crippen LogP contribution is 2.38. The molecule has 0 aromatic heterocycles. The summed E-state index contributed by atoms with van der Waals surface area (Å²) in [6.07, 6.45) is 4.12. The second kappa shape index (κ2) is 16.3. The van der Waals surface area contributed by atoms with Crippen molar-refractivity contribution >= 4 is 29.1 Å². The van der Waals surface area contributed by atoms with Gasteiger partial charge in [0.15, 0.2) is 23.0 Å². The number of carbonyl (C=O) groups is 1. The van der Waals surface area contributed by atoms with Crippen molar-refractivity contribution in [2.24, 2.45) is 0 Å². The number of carbonyl (C=O) groups excluding carboxylic acids is 1. The van der Waals surface area contributed by atoms with E-state index in [-0.39, 0.29) is 18.3 Å².